The zero-order chi connectivity index (χ0) is 17.4. The first-order valence-electron chi connectivity index (χ1n) is 8.59. The van der Waals surface area contributed by atoms with Crippen LogP contribution in [-0.4, -0.2) is 26.3 Å². The van der Waals surface area contributed by atoms with Crippen molar-refractivity contribution in [3.05, 3.63) is 59.5 Å². The molecular weight excluding hydrogens is 312 g/mol. The van der Waals surface area contributed by atoms with Crippen LogP contribution in [0.5, 0.6) is 0 Å². The minimum atomic E-state index is 0.347. The van der Waals surface area contributed by atoms with Crippen molar-refractivity contribution in [1.82, 2.24) is 19.7 Å². The largest absolute Gasteiger partial charge is 0.384 e. The van der Waals surface area contributed by atoms with Crippen molar-refractivity contribution >= 4 is 11.6 Å². The summed E-state index contributed by atoms with van der Waals surface area (Å²) in [7, 11) is 0. The molecule has 25 heavy (non-hydrogen) atoms. The number of anilines is 2. The van der Waals surface area contributed by atoms with Crippen molar-refractivity contribution in [2.75, 3.05) is 17.2 Å². The molecule has 0 aliphatic carbocycles. The van der Waals surface area contributed by atoms with Crippen LogP contribution in [0, 0.1) is 13.8 Å². The lowest BCUT2D eigenvalue weighted by Crippen LogP contribution is -2.24. The van der Waals surface area contributed by atoms with E-state index in [1.54, 1.807) is 11.0 Å². The minimum absolute atomic E-state index is 0.347. The van der Waals surface area contributed by atoms with E-state index in [-0.39, 0.29) is 0 Å². The number of benzene rings is 1. The second kappa shape index (κ2) is 6.20. The summed E-state index contributed by atoms with van der Waals surface area (Å²) in [4.78, 5) is 11.2. The number of nitrogen functional groups attached to an aromatic ring is 1. The van der Waals surface area contributed by atoms with Gasteiger partial charge in [-0.1, -0.05) is 29.8 Å². The van der Waals surface area contributed by atoms with E-state index >= 15 is 0 Å². The molecule has 1 unspecified atom stereocenters. The summed E-state index contributed by atoms with van der Waals surface area (Å²) in [6.07, 6.45) is 3.87. The first kappa shape index (κ1) is 15.6. The van der Waals surface area contributed by atoms with Gasteiger partial charge in [-0.2, -0.15) is 9.78 Å². The Labute approximate surface area is 147 Å². The van der Waals surface area contributed by atoms with Gasteiger partial charge in [0.15, 0.2) is 5.82 Å². The van der Waals surface area contributed by atoms with Crippen molar-refractivity contribution in [3.8, 4) is 5.82 Å². The summed E-state index contributed by atoms with van der Waals surface area (Å²) in [6, 6.07) is 12.9. The Morgan fingerprint density at radius 3 is 2.68 bits per heavy atom. The molecule has 1 aliphatic heterocycles. The van der Waals surface area contributed by atoms with Crippen LogP contribution in [0.4, 0.5) is 11.6 Å². The maximum atomic E-state index is 6.04. The highest BCUT2D eigenvalue weighted by Gasteiger charge is 2.27. The number of aryl methyl sites for hydroxylation is 2. The molecule has 0 spiro atoms. The molecule has 6 nitrogen and oxygen atoms in total. The number of hydrogen-bond donors (Lipinski definition) is 1. The van der Waals surface area contributed by atoms with Gasteiger partial charge in [0.1, 0.15) is 18.0 Å². The minimum Gasteiger partial charge on any atom is -0.384 e. The van der Waals surface area contributed by atoms with Crippen molar-refractivity contribution in [2.45, 2.75) is 32.7 Å². The number of nitrogens with two attached hydrogens (primary N) is 1. The molecule has 2 N–H and O–H groups in total. The lowest BCUT2D eigenvalue weighted by Gasteiger charge is -2.26. The van der Waals surface area contributed by atoms with Crippen molar-refractivity contribution in [2.24, 2.45) is 0 Å². The summed E-state index contributed by atoms with van der Waals surface area (Å²) in [5.74, 6) is 2.20. The van der Waals surface area contributed by atoms with Crippen molar-refractivity contribution in [3.63, 3.8) is 0 Å². The van der Waals surface area contributed by atoms with Gasteiger partial charge in [-0.3, -0.25) is 0 Å². The highest BCUT2D eigenvalue weighted by atomic mass is 15.3. The van der Waals surface area contributed by atoms with E-state index in [2.05, 4.69) is 51.2 Å². The second-order valence-corrected chi connectivity index (χ2v) is 6.62. The highest BCUT2D eigenvalue weighted by molar-refractivity contribution is 5.49. The third-order valence-corrected chi connectivity index (χ3v) is 4.69. The third kappa shape index (κ3) is 2.95. The lowest BCUT2D eigenvalue weighted by atomic mass is 10.0. The first-order chi connectivity index (χ1) is 12.1. The summed E-state index contributed by atoms with van der Waals surface area (Å²) >= 11 is 0. The van der Waals surface area contributed by atoms with Gasteiger partial charge in [0.05, 0.1) is 11.7 Å². The zero-order valence-electron chi connectivity index (χ0n) is 14.6. The Morgan fingerprint density at radius 1 is 1.08 bits per heavy atom. The summed E-state index contributed by atoms with van der Waals surface area (Å²) < 4.78 is 1.66. The molecule has 0 bridgehead atoms. The molecule has 2 aromatic heterocycles. The maximum Gasteiger partial charge on any atom is 0.161 e. The van der Waals surface area contributed by atoms with Crippen LogP contribution in [0.15, 0.2) is 42.7 Å². The lowest BCUT2D eigenvalue weighted by molar-refractivity contribution is 0.708. The predicted octanol–water partition coefficient (Wildman–Crippen LogP) is 3.20. The number of hydrogen-bond acceptors (Lipinski definition) is 5. The molecular formula is C19H22N6. The van der Waals surface area contributed by atoms with E-state index in [0.29, 0.717) is 17.7 Å². The Balaban J connectivity index is 1.69. The van der Waals surface area contributed by atoms with Crippen LogP contribution >= 0.6 is 0 Å². The third-order valence-electron chi connectivity index (χ3n) is 4.69. The molecule has 4 rings (SSSR count). The summed E-state index contributed by atoms with van der Waals surface area (Å²) in [5, 5.41) is 4.42. The van der Waals surface area contributed by atoms with Gasteiger partial charge < -0.3 is 10.6 Å². The summed E-state index contributed by atoms with van der Waals surface area (Å²) in [5.41, 5.74) is 9.53. The van der Waals surface area contributed by atoms with Crippen LogP contribution in [0.25, 0.3) is 5.82 Å². The molecule has 1 aliphatic rings. The van der Waals surface area contributed by atoms with Gasteiger partial charge in [-0.25, -0.2) is 9.97 Å². The SMILES string of the molecule is Cc1cccc(C2CCCN2c2cc(-n3nc(C)cc3N)ncn2)c1. The van der Waals surface area contributed by atoms with Crippen LogP contribution < -0.4 is 10.6 Å². The van der Waals surface area contributed by atoms with E-state index < -0.39 is 0 Å². The summed E-state index contributed by atoms with van der Waals surface area (Å²) in [6.45, 7) is 5.04. The van der Waals surface area contributed by atoms with Crippen LogP contribution in [-0.2, 0) is 0 Å². The predicted molar refractivity (Wildman–Crippen MR) is 98.8 cm³/mol. The highest BCUT2D eigenvalue weighted by Crippen LogP contribution is 2.35. The fraction of sp³-hybridized carbons (Fsp3) is 0.316. The fourth-order valence-electron chi connectivity index (χ4n) is 3.58. The van der Waals surface area contributed by atoms with E-state index in [1.807, 2.05) is 19.1 Å². The normalized spacial score (nSPS) is 17.2. The van der Waals surface area contributed by atoms with Crippen molar-refractivity contribution < 1.29 is 0 Å². The molecule has 6 heteroatoms. The zero-order valence-corrected chi connectivity index (χ0v) is 14.6. The van der Waals surface area contributed by atoms with E-state index in [1.165, 1.54) is 11.1 Å². The van der Waals surface area contributed by atoms with Gasteiger partial charge >= 0.3 is 0 Å². The second-order valence-electron chi connectivity index (χ2n) is 6.62. The molecule has 1 fully saturated rings. The fourth-order valence-corrected chi connectivity index (χ4v) is 3.58. The van der Waals surface area contributed by atoms with Crippen LogP contribution in [0.3, 0.4) is 0 Å². The molecule has 0 amide bonds. The van der Waals surface area contributed by atoms with E-state index in [0.717, 1.165) is 30.9 Å². The Kier molecular flexibility index (Phi) is 3.87. The van der Waals surface area contributed by atoms with E-state index in [4.69, 9.17) is 5.73 Å². The van der Waals surface area contributed by atoms with E-state index in [9.17, 15) is 0 Å². The van der Waals surface area contributed by atoms with Crippen LogP contribution in [0.2, 0.25) is 0 Å². The number of rotatable bonds is 3. The van der Waals surface area contributed by atoms with Crippen molar-refractivity contribution in [1.29, 1.82) is 0 Å². The molecule has 128 valence electrons. The molecule has 0 saturated carbocycles. The quantitative estimate of drug-likeness (QED) is 0.796. The molecule has 3 aromatic rings. The van der Waals surface area contributed by atoms with Gasteiger partial charge in [0.2, 0.25) is 0 Å². The number of nitrogens with zero attached hydrogens (tertiary/aromatic N) is 5. The Bertz CT molecular complexity index is 900. The number of aromatic nitrogens is 4. The molecule has 3 heterocycles. The maximum absolute atomic E-state index is 6.04. The average molecular weight is 334 g/mol. The molecule has 1 atom stereocenters. The first-order valence-corrected chi connectivity index (χ1v) is 8.59. The Hall–Kier alpha value is -2.89. The van der Waals surface area contributed by atoms with Gasteiger partial charge in [0, 0.05) is 18.7 Å². The topological polar surface area (TPSA) is 72.9 Å². The molecule has 1 saturated heterocycles. The standard InChI is InChI=1S/C19H22N6/c1-13-5-3-6-15(9-13)16-7-4-8-24(16)18-11-19(22-12-21-18)25-17(20)10-14(2)23-25/h3,5-6,9-12,16H,4,7-8,20H2,1-2H3. The van der Waals surface area contributed by atoms with Gasteiger partial charge in [-0.05, 0) is 32.3 Å². The average Bonchev–Trinajstić information content (AvgIpc) is 3.21. The smallest absolute Gasteiger partial charge is 0.161 e. The Morgan fingerprint density at radius 2 is 1.92 bits per heavy atom. The monoisotopic (exact) mass is 334 g/mol. The molecule has 1 aromatic carbocycles. The molecule has 0 radical (unpaired) electrons. The van der Waals surface area contributed by atoms with Gasteiger partial charge in [0.25, 0.3) is 0 Å². The van der Waals surface area contributed by atoms with Gasteiger partial charge in [-0.15, -0.1) is 0 Å². The van der Waals surface area contributed by atoms with Crippen LogP contribution in [0.1, 0.15) is 35.7 Å².